The third-order valence-electron chi connectivity index (χ3n) is 4.07. The molecule has 0 aliphatic carbocycles. The van der Waals surface area contributed by atoms with Crippen LogP contribution >= 0.6 is 0 Å². The van der Waals surface area contributed by atoms with Crippen LogP contribution in [0.1, 0.15) is 28.9 Å². The molecule has 0 amide bonds. The van der Waals surface area contributed by atoms with Crippen LogP contribution < -0.4 is 0 Å². The maximum Gasteiger partial charge on any atom is 0.356 e. The van der Waals surface area contributed by atoms with Crippen LogP contribution in [-0.2, 0) is 4.74 Å². The second kappa shape index (κ2) is 6.51. The predicted octanol–water partition coefficient (Wildman–Crippen LogP) is 2.86. The average molecular weight is 349 g/mol. The lowest BCUT2D eigenvalue weighted by Crippen LogP contribution is -2.06. The van der Waals surface area contributed by atoms with Crippen molar-refractivity contribution in [1.82, 2.24) is 9.97 Å². The number of fused-ring (bicyclic) bond motifs is 1. The number of pyridine rings is 1. The first-order valence-electron chi connectivity index (χ1n) is 8.30. The molecule has 1 aliphatic heterocycles. The molecule has 0 spiro atoms. The molecule has 26 heavy (non-hydrogen) atoms. The van der Waals surface area contributed by atoms with Crippen molar-refractivity contribution in [2.24, 2.45) is 5.10 Å². The fourth-order valence-corrected chi connectivity index (χ4v) is 2.81. The van der Waals surface area contributed by atoms with Gasteiger partial charge in [0.05, 0.1) is 12.8 Å². The topological polar surface area (TPSA) is 80.6 Å². The van der Waals surface area contributed by atoms with E-state index in [4.69, 9.17) is 9.15 Å². The van der Waals surface area contributed by atoms with Gasteiger partial charge >= 0.3 is 5.97 Å². The molecule has 2 aromatic heterocycles. The van der Waals surface area contributed by atoms with Gasteiger partial charge in [-0.3, -0.25) is 0 Å². The van der Waals surface area contributed by atoms with Gasteiger partial charge in [-0.2, -0.15) is 0 Å². The first kappa shape index (κ1) is 16.1. The van der Waals surface area contributed by atoms with Crippen LogP contribution in [0.3, 0.4) is 0 Å². The van der Waals surface area contributed by atoms with E-state index in [0.29, 0.717) is 23.6 Å². The summed E-state index contributed by atoms with van der Waals surface area (Å²) in [7, 11) is 1.90. The summed E-state index contributed by atoms with van der Waals surface area (Å²) in [6.07, 6.45) is 5.45. The quantitative estimate of drug-likeness (QED) is 0.534. The van der Waals surface area contributed by atoms with Gasteiger partial charge < -0.3 is 9.15 Å². The van der Waals surface area contributed by atoms with E-state index in [1.165, 1.54) is 0 Å². The molecule has 0 saturated carbocycles. The highest BCUT2D eigenvalue weighted by Crippen LogP contribution is 2.27. The monoisotopic (exact) mass is 349 g/mol. The normalized spacial score (nSPS) is 16.1. The van der Waals surface area contributed by atoms with E-state index in [2.05, 4.69) is 15.1 Å². The first-order chi connectivity index (χ1) is 12.6. The number of hydrogen-bond acceptors (Lipinski definition) is 6. The Balaban J connectivity index is 1.69. The third kappa shape index (κ3) is 2.99. The SMILES string of the molecule is CCOC(=O)c1cc(-c2nc3cc(C4C=N[N+](C)=C4)ccc3o2)ccn1. The number of aromatic nitrogens is 2. The number of rotatable bonds is 4. The van der Waals surface area contributed by atoms with Crippen molar-refractivity contribution >= 4 is 29.5 Å². The number of hydrazone groups is 1. The number of carbonyl (C=O) groups is 1. The number of oxazole rings is 1. The molecular weight excluding hydrogens is 332 g/mol. The summed E-state index contributed by atoms with van der Waals surface area (Å²) < 4.78 is 12.6. The molecule has 0 radical (unpaired) electrons. The van der Waals surface area contributed by atoms with Gasteiger partial charge in [0.15, 0.2) is 18.8 Å². The molecule has 1 aromatic carbocycles. The van der Waals surface area contributed by atoms with Crippen LogP contribution in [0.5, 0.6) is 0 Å². The lowest BCUT2D eigenvalue weighted by molar-refractivity contribution is -0.494. The smallest absolute Gasteiger partial charge is 0.356 e. The second-order valence-corrected chi connectivity index (χ2v) is 5.91. The van der Waals surface area contributed by atoms with E-state index < -0.39 is 5.97 Å². The van der Waals surface area contributed by atoms with Gasteiger partial charge in [0, 0.05) is 11.8 Å². The molecule has 0 bridgehead atoms. The molecule has 7 nitrogen and oxygen atoms in total. The zero-order chi connectivity index (χ0) is 18.1. The van der Waals surface area contributed by atoms with Crippen LogP contribution in [0.4, 0.5) is 0 Å². The Morgan fingerprint density at radius 1 is 1.31 bits per heavy atom. The Bertz CT molecular complexity index is 1050. The van der Waals surface area contributed by atoms with E-state index in [9.17, 15) is 4.79 Å². The van der Waals surface area contributed by atoms with Gasteiger partial charge in [0.1, 0.15) is 17.1 Å². The van der Waals surface area contributed by atoms with E-state index in [1.807, 2.05) is 37.7 Å². The number of hydrogen-bond donors (Lipinski definition) is 0. The maximum absolute atomic E-state index is 11.9. The van der Waals surface area contributed by atoms with Crippen LogP contribution in [0.15, 0.2) is 46.0 Å². The largest absolute Gasteiger partial charge is 0.461 e. The minimum atomic E-state index is -0.465. The number of esters is 1. The molecule has 1 aliphatic rings. The highest BCUT2D eigenvalue weighted by Gasteiger charge is 2.19. The molecule has 4 rings (SSSR count). The Morgan fingerprint density at radius 2 is 2.19 bits per heavy atom. The van der Waals surface area contributed by atoms with Gasteiger partial charge in [-0.25, -0.2) is 14.8 Å². The van der Waals surface area contributed by atoms with Crippen molar-refractivity contribution in [2.45, 2.75) is 12.8 Å². The molecule has 130 valence electrons. The Morgan fingerprint density at radius 3 is 2.96 bits per heavy atom. The van der Waals surface area contributed by atoms with Crippen LogP contribution in [0.2, 0.25) is 0 Å². The predicted molar refractivity (Wildman–Crippen MR) is 96.7 cm³/mol. The fraction of sp³-hybridized carbons (Fsp3) is 0.211. The van der Waals surface area contributed by atoms with Crippen LogP contribution in [0.25, 0.3) is 22.6 Å². The van der Waals surface area contributed by atoms with Crippen molar-refractivity contribution in [3.8, 4) is 11.5 Å². The zero-order valence-corrected chi connectivity index (χ0v) is 14.4. The molecule has 3 heterocycles. The highest BCUT2D eigenvalue weighted by atomic mass is 16.5. The summed E-state index contributed by atoms with van der Waals surface area (Å²) >= 11 is 0. The molecule has 0 saturated heterocycles. The van der Waals surface area contributed by atoms with Gasteiger partial charge in [0.2, 0.25) is 5.89 Å². The zero-order valence-electron chi connectivity index (χ0n) is 14.4. The van der Waals surface area contributed by atoms with Crippen LogP contribution in [0, 0.1) is 0 Å². The standard InChI is InChI=1S/C19H17N4O3/c1-3-25-19(24)16-9-13(6-7-20-16)18-22-15-8-12(4-5-17(15)26-18)14-10-21-23(2)11-14/h4-11,14H,3H2,1-2H3/q+1. The van der Waals surface area contributed by atoms with Gasteiger partial charge in [-0.15, -0.1) is 0 Å². The van der Waals surface area contributed by atoms with Crippen LogP contribution in [-0.4, -0.2) is 46.7 Å². The fourth-order valence-electron chi connectivity index (χ4n) is 2.81. The minimum absolute atomic E-state index is 0.126. The van der Waals surface area contributed by atoms with Gasteiger partial charge in [0.25, 0.3) is 0 Å². The summed E-state index contributed by atoms with van der Waals surface area (Å²) in [5.74, 6) is 0.0973. The van der Waals surface area contributed by atoms with E-state index in [1.54, 1.807) is 29.9 Å². The second-order valence-electron chi connectivity index (χ2n) is 5.91. The number of ether oxygens (including phenoxy) is 1. The molecule has 1 atom stereocenters. The van der Waals surface area contributed by atoms with Crippen molar-refractivity contribution in [3.05, 3.63) is 47.8 Å². The molecule has 3 aromatic rings. The van der Waals surface area contributed by atoms with Crippen molar-refractivity contribution in [2.75, 3.05) is 13.7 Å². The Kier molecular flexibility index (Phi) is 4.04. The summed E-state index contributed by atoms with van der Waals surface area (Å²) in [5.41, 5.74) is 3.43. The van der Waals surface area contributed by atoms with E-state index in [-0.39, 0.29) is 11.6 Å². The Labute approximate surface area is 149 Å². The molecule has 7 heteroatoms. The van der Waals surface area contributed by atoms with Crippen molar-refractivity contribution in [1.29, 1.82) is 0 Å². The molecular formula is C19H17N4O3+. The third-order valence-corrected chi connectivity index (χ3v) is 4.07. The van der Waals surface area contributed by atoms with Crippen molar-refractivity contribution < 1.29 is 18.6 Å². The average Bonchev–Trinajstić information content (AvgIpc) is 3.27. The van der Waals surface area contributed by atoms with E-state index >= 15 is 0 Å². The lowest BCUT2D eigenvalue weighted by atomic mass is 10.0. The molecule has 0 N–H and O–H groups in total. The van der Waals surface area contributed by atoms with Crippen molar-refractivity contribution in [3.63, 3.8) is 0 Å². The molecule has 1 unspecified atom stereocenters. The highest BCUT2D eigenvalue weighted by molar-refractivity contribution is 5.92. The summed E-state index contributed by atoms with van der Waals surface area (Å²) in [4.78, 5) is 20.5. The van der Waals surface area contributed by atoms with E-state index in [0.717, 1.165) is 11.1 Å². The minimum Gasteiger partial charge on any atom is -0.461 e. The number of nitrogens with zero attached hydrogens (tertiary/aromatic N) is 4. The maximum atomic E-state index is 11.9. The number of benzene rings is 1. The summed E-state index contributed by atoms with van der Waals surface area (Å²) in [5, 5.41) is 4.23. The summed E-state index contributed by atoms with van der Waals surface area (Å²) in [6, 6.07) is 9.26. The molecule has 0 fully saturated rings. The summed E-state index contributed by atoms with van der Waals surface area (Å²) in [6.45, 7) is 2.05. The van der Waals surface area contributed by atoms with Gasteiger partial charge in [-0.05, 0) is 41.9 Å². The number of carbonyl (C=O) groups excluding carboxylic acids is 1. The van der Waals surface area contributed by atoms with Gasteiger partial charge in [-0.1, -0.05) is 10.8 Å². The lowest BCUT2D eigenvalue weighted by Gasteiger charge is -2.01. The first-order valence-corrected chi connectivity index (χ1v) is 8.30. The Hall–Kier alpha value is -3.35.